The number of amides is 1. The summed E-state index contributed by atoms with van der Waals surface area (Å²) < 4.78 is 14.8. The van der Waals surface area contributed by atoms with Crippen molar-refractivity contribution in [3.05, 3.63) is 47.5 Å². The summed E-state index contributed by atoms with van der Waals surface area (Å²) in [5.74, 6) is -1.25. The minimum atomic E-state index is -0.581. The highest BCUT2D eigenvalue weighted by molar-refractivity contribution is 5.97. The molecule has 2 aromatic rings. The molecule has 7 heteroatoms. The van der Waals surface area contributed by atoms with Crippen molar-refractivity contribution >= 4 is 12.1 Å². The molecule has 0 radical (unpaired) electrons. The van der Waals surface area contributed by atoms with E-state index in [0.29, 0.717) is 6.54 Å². The number of nitrogens with one attached hydrogen (secondary N) is 1. The molecule has 0 fully saturated rings. The highest BCUT2D eigenvalue weighted by Crippen LogP contribution is 2.14. The van der Waals surface area contributed by atoms with Gasteiger partial charge in [-0.2, -0.15) is 14.6 Å². The molecule has 2 N–H and O–H groups in total. The molecule has 0 aliphatic rings. The Labute approximate surface area is 114 Å². The number of rotatable bonds is 4. The Morgan fingerprint density at radius 3 is 2.95 bits per heavy atom. The first-order valence-electron chi connectivity index (χ1n) is 5.96. The van der Waals surface area contributed by atoms with Gasteiger partial charge in [0.05, 0.1) is 23.5 Å². The lowest BCUT2D eigenvalue weighted by Gasteiger charge is -2.01. The molecule has 1 aromatic carbocycles. The fraction of sp³-hybridized carbons (Fsp3) is 0.154. The normalized spacial score (nSPS) is 10.9. The number of hydrogen-bond acceptors (Lipinski definition) is 4. The summed E-state index contributed by atoms with van der Waals surface area (Å²) in [7, 11) is 0. The number of benzene rings is 1. The Morgan fingerprint density at radius 1 is 1.55 bits per heavy atom. The molecule has 0 saturated carbocycles. The molecular weight excluding hydrogens is 263 g/mol. The summed E-state index contributed by atoms with van der Waals surface area (Å²) in [6.45, 7) is 2.17. The summed E-state index contributed by atoms with van der Waals surface area (Å²) in [6.07, 6.45) is 2.47. The van der Waals surface area contributed by atoms with Crippen LogP contribution in [0.1, 0.15) is 22.8 Å². The monoisotopic (exact) mass is 276 g/mol. The molecule has 0 bridgehead atoms. The van der Waals surface area contributed by atoms with Gasteiger partial charge in [-0.25, -0.2) is 10.1 Å². The van der Waals surface area contributed by atoms with Gasteiger partial charge in [-0.05, 0) is 19.1 Å². The first-order valence-corrected chi connectivity index (χ1v) is 5.96. The summed E-state index contributed by atoms with van der Waals surface area (Å²) in [5.41, 5.74) is 2.47. The van der Waals surface area contributed by atoms with Crippen molar-refractivity contribution in [2.45, 2.75) is 13.5 Å². The van der Waals surface area contributed by atoms with E-state index in [2.05, 4.69) is 15.6 Å². The van der Waals surface area contributed by atoms with Crippen molar-refractivity contribution in [1.82, 2.24) is 15.2 Å². The predicted octanol–water partition coefficient (Wildman–Crippen LogP) is 1.51. The van der Waals surface area contributed by atoms with Gasteiger partial charge in [0, 0.05) is 6.54 Å². The van der Waals surface area contributed by atoms with E-state index in [1.807, 2.05) is 0 Å². The molecule has 0 aliphatic carbocycles. The number of aromatic nitrogens is 2. The van der Waals surface area contributed by atoms with E-state index in [9.17, 15) is 14.3 Å². The van der Waals surface area contributed by atoms with Crippen molar-refractivity contribution in [3.63, 3.8) is 0 Å². The standard InChI is InChI=1S/C13H13FN4O2/c1-2-18-12(14)9(8-16-18)7-15-17-13(20)10-5-3-4-6-11(10)19/h3-8,19H,2H2,1H3,(H,17,20). The van der Waals surface area contributed by atoms with Gasteiger partial charge >= 0.3 is 0 Å². The van der Waals surface area contributed by atoms with Crippen LogP contribution in [-0.2, 0) is 6.54 Å². The maximum absolute atomic E-state index is 13.6. The van der Waals surface area contributed by atoms with Crippen LogP contribution in [0.2, 0.25) is 0 Å². The minimum absolute atomic E-state index is 0.0920. The van der Waals surface area contributed by atoms with E-state index in [4.69, 9.17) is 0 Å². The molecule has 1 aromatic heterocycles. The number of carbonyl (C=O) groups is 1. The van der Waals surface area contributed by atoms with Gasteiger partial charge in [-0.1, -0.05) is 12.1 Å². The number of aryl methyl sites for hydroxylation is 1. The number of hydrogen-bond donors (Lipinski definition) is 2. The molecule has 20 heavy (non-hydrogen) atoms. The van der Waals surface area contributed by atoms with Crippen molar-refractivity contribution in [2.75, 3.05) is 0 Å². The number of para-hydroxylation sites is 1. The molecule has 0 spiro atoms. The number of carbonyl (C=O) groups excluding carboxylic acids is 1. The SMILES string of the molecule is CCn1ncc(C=NNC(=O)c2ccccc2O)c1F. The molecule has 0 aliphatic heterocycles. The van der Waals surface area contributed by atoms with Crippen LogP contribution in [-0.4, -0.2) is 27.0 Å². The van der Waals surface area contributed by atoms with Gasteiger partial charge in [0.25, 0.3) is 5.91 Å². The summed E-state index contributed by atoms with van der Waals surface area (Å²) in [6, 6.07) is 6.06. The second-order valence-corrected chi connectivity index (χ2v) is 3.92. The second kappa shape index (κ2) is 5.96. The zero-order chi connectivity index (χ0) is 14.5. The number of halogens is 1. The summed E-state index contributed by atoms with van der Waals surface area (Å²) in [5, 5.41) is 16.9. The fourth-order valence-electron chi connectivity index (χ4n) is 1.58. The number of nitrogens with zero attached hydrogens (tertiary/aromatic N) is 3. The van der Waals surface area contributed by atoms with E-state index in [1.165, 1.54) is 23.0 Å². The predicted molar refractivity (Wildman–Crippen MR) is 71.0 cm³/mol. The van der Waals surface area contributed by atoms with Crippen LogP contribution in [0, 0.1) is 5.95 Å². The van der Waals surface area contributed by atoms with Gasteiger partial charge in [-0.15, -0.1) is 0 Å². The first-order chi connectivity index (χ1) is 9.63. The third-order valence-corrected chi connectivity index (χ3v) is 2.62. The van der Waals surface area contributed by atoms with E-state index in [-0.39, 0.29) is 16.9 Å². The van der Waals surface area contributed by atoms with Crippen LogP contribution in [0.25, 0.3) is 0 Å². The van der Waals surface area contributed by atoms with E-state index >= 15 is 0 Å². The topological polar surface area (TPSA) is 79.5 Å². The maximum atomic E-state index is 13.6. The Balaban J connectivity index is 2.05. The lowest BCUT2D eigenvalue weighted by molar-refractivity contribution is 0.0952. The number of hydrazone groups is 1. The van der Waals surface area contributed by atoms with Crippen molar-refractivity contribution in [3.8, 4) is 5.75 Å². The lowest BCUT2D eigenvalue weighted by Crippen LogP contribution is -2.17. The lowest BCUT2D eigenvalue weighted by atomic mass is 10.2. The average molecular weight is 276 g/mol. The van der Waals surface area contributed by atoms with Crippen LogP contribution in [0.4, 0.5) is 4.39 Å². The largest absolute Gasteiger partial charge is 0.507 e. The van der Waals surface area contributed by atoms with E-state index < -0.39 is 11.9 Å². The third kappa shape index (κ3) is 2.82. The Morgan fingerprint density at radius 2 is 2.30 bits per heavy atom. The minimum Gasteiger partial charge on any atom is -0.507 e. The Hall–Kier alpha value is -2.70. The van der Waals surface area contributed by atoms with Gasteiger partial charge in [-0.3, -0.25) is 4.79 Å². The van der Waals surface area contributed by atoms with Gasteiger partial charge in [0.15, 0.2) is 0 Å². The number of phenolic OH excluding ortho intramolecular Hbond substituents is 1. The highest BCUT2D eigenvalue weighted by Gasteiger charge is 2.09. The summed E-state index contributed by atoms with van der Waals surface area (Å²) in [4.78, 5) is 11.7. The zero-order valence-corrected chi connectivity index (χ0v) is 10.7. The average Bonchev–Trinajstić information content (AvgIpc) is 2.80. The summed E-state index contributed by atoms with van der Waals surface area (Å²) >= 11 is 0. The Bertz CT molecular complexity index is 652. The van der Waals surface area contributed by atoms with Crippen molar-refractivity contribution < 1.29 is 14.3 Å². The molecule has 1 amide bonds. The van der Waals surface area contributed by atoms with Crippen LogP contribution < -0.4 is 5.43 Å². The van der Waals surface area contributed by atoms with Crippen LogP contribution in [0.3, 0.4) is 0 Å². The smallest absolute Gasteiger partial charge is 0.275 e. The highest BCUT2D eigenvalue weighted by atomic mass is 19.1. The van der Waals surface area contributed by atoms with E-state index in [1.54, 1.807) is 19.1 Å². The maximum Gasteiger partial charge on any atom is 0.275 e. The number of aromatic hydroxyl groups is 1. The third-order valence-electron chi connectivity index (χ3n) is 2.62. The molecule has 0 atom stereocenters. The first kappa shape index (κ1) is 13.7. The van der Waals surface area contributed by atoms with Crippen molar-refractivity contribution in [2.24, 2.45) is 5.10 Å². The molecule has 1 heterocycles. The van der Waals surface area contributed by atoms with Gasteiger partial charge in [0.2, 0.25) is 5.95 Å². The molecule has 2 rings (SSSR count). The Kier molecular flexibility index (Phi) is 4.09. The molecular formula is C13H13FN4O2. The van der Waals surface area contributed by atoms with Crippen LogP contribution >= 0.6 is 0 Å². The molecule has 0 unspecified atom stereocenters. The quantitative estimate of drug-likeness (QED) is 0.656. The molecule has 0 saturated heterocycles. The molecule has 104 valence electrons. The van der Waals surface area contributed by atoms with Gasteiger partial charge < -0.3 is 5.11 Å². The second-order valence-electron chi connectivity index (χ2n) is 3.92. The van der Waals surface area contributed by atoms with Gasteiger partial charge in [0.1, 0.15) is 5.75 Å². The van der Waals surface area contributed by atoms with Crippen LogP contribution in [0.15, 0.2) is 35.6 Å². The number of phenols is 1. The zero-order valence-electron chi connectivity index (χ0n) is 10.7. The van der Waals surface area contributed by atoms with Crippen molar-refractivity contribution in [1.29, 1.82) is 0 Å². The molecule has 6 nitrogen and oxygen atoms in total. The van der Waals surface area contributed by atoms with Crippen LogP contribution in [0.5, 0.6) is 5.75 Å². The fourth-order valence-corrected chi connectivity index (χ4v) is 1.58. The van der Waals surface area contributed by atoms with E-state index in [0.717, 1.165) is 6.21 Å².